The summed E-state index contributed by atoms with van der Waals surface area (Å²) in [4.78, 5) is 14.6. The molecule has 90 valence electrons. The Hall–Kier alpha value is -1.29. The zero-order valence-corrected chi connectivity index (χ0v) is 10.3. The van der Waals surface area contributed by atoms with Crippen LogP contribution in [-0.4, -0.2) is 22.6 Å². The maximum atomic E-state index is 11.6. The molecule has 1 aromatic heterocycles. The Kier molecular flexibility index (Phi) is 4.12. The number of ether oxygens (including phenoxy) is 1. The number of nitrogens with one attached hydrogen (secondary N) is 2. The van der Waals surface area contributed by atoms with Gasteiger partial charge in [-0.15, -0.1) is 0 Å². The van der Waals surface area contributed by atoms with Gasteiger partial charge in [0.25, 0.3) is 0 Å². The lowest BCUT2D eigenvalue weighted by Crippen LogP contribution is -2.38. The lowest BCUT2D eigenvalue weighted by molar-refractivity contribution is -0.157. The SMILES string of the molecule is C[C@@H](NCc1cc[nH]c1)C(=O)OC(C)(C)C. The smallest absolute Gasteiger partial charge is 0.323 e. The first kappa shape index (κ1) is 12.8. The zero-order chi connectivity index (χ0) is 12.2. The van der Waals surface area contributed by atoms with Crippen LogP contribution in [-0.2, 0) is 16.1 Å². The van der Waals surface area contributed by atoms with Crippen molar-refractivity contribution in [1.29, 1.82) is 0 Å². The third-order valence-corrected chi connectivity index (χ3v) is 2.04. The van der Waals surface area contributed by atoms with Crippen molar-refractivity contribution in [2.75, 3.05) is 0 Å². The molecular formula is C12H20N2O2. The summed E-state index contributed by atoms with van der Waals surface area (Å²) in [7, 11) is 0. The van der Waals surface area contributed by atoms with Crippen LogP contribution in [0, 0.1) is 0 Å². The minimum atomic E-state index is -0.429. The predicted octanol–water partition coefficient (Wildman–Crippen LogP) is 1.83. The fourth-order valence-corrected chi connectivity index (χ4v) is 1.21. The van der Waals surface area contributed by atoms with Gasteiger partial charge in [0.05, 0.1) is 0 Å². The van der Waals surface area contributed by atoms with Gasteiger partial charge in [0.2, 0.25) is 0 Å². The highest BCUT2D eigenvalue weighted by molar-refractivity contribution is 5.75. The second-order valence-corrected chi connectivity index (χ2v) is 4.86. The first-order chi connectivity index (χ1) is 7.38. The van der Waals surface area contributed by atoms with Gasteiger partial charge in [-0.3, -0.25) is 4.79 Å². The summed E-state index contributed by atoms with van der Waals surface area (Å²) in [5, 5.41) is 3.11. The molecule has 4 heteroatoms. The highest BCUT2D eigenvalue weighted by Gasteiger charge is 2.21. The van der Waals surface area contributed by atoms with E-state index in [2.05, 4.69) is 10.3 Å². The Labute approximate surface area is 96.4 Å². The van der Waals surface area contributed by atoms with Crippen molar-refractivity contribution in [3.05, 3.63) is 24.0 Å². The molecule has 0 saturated carbocycles. The number of rotatable bonds is 4. The fraction of sp³-hybridized carbons (Fsp3) is 0.583. The molecule has 0 aliphatic heterocycles. The molecule has 0 amide bonds. The van der Waals surface area contributed by atoms with Gasteiger partial charge in [-0.25, -0.2) is 0 Å². The second-order valence-electron chi connectivity index (χ2n) is 4.86. The Balaban J connectivity index is 2.35. The van der Waals surface area contributed by atoms with Crippen LogP contribution in [0.3, 0.4) is 0 Å². The zero-order valence-electron chi connectivity index (χ0n) is 10.3. The molecule has 1 heterocycles. The van der Waals surface area contributed by atoms with Crippen molar-refractivity contribution >= 4 is 5.97 Å². The molecule has 1 atom stereocenters. The molecule has 1 aromatic rings. The predicted molar refractivity (Wildman–Crippen MR) is 62.9 cm³/mol. The van der Waals surface area contributed by atoms with Crippen LogP contribution in [0.4, 0.5) is 0 Å². The highest BCUT2D eigenvalue weighted by Crippen LogP contribution is 2.08. The number of hydrogen-bond donors (Lipinski definition) is 2. The number of hydrogen-bond acceptors (Lipinski definition) is 3. The van der Waals surface area contributed by atoms with Gasteiger partial charge in [0, 0.05) is 18.9 Å². The summed E-state index contributed by atoms with van der Waals surface area (Å²) in [6.45, 7) is 8.06. The third-order valence-electron chi connectivity index (χ3n) is 2.04. The molecule has 0 saturated heterocycles. The van der Waals surface area contributed by atoms with Gasteiger partial charge >= 0.3 is 5.97 Å². The summed E-state index contributed by atoms with van der Waals surface area (Å²) < 4.78 is 5.26. The number of esters is 1. The van der Waals surface area contributed by atoms with Gasteiger partial charge in [-0.1, -0.05) is 0 Å². The molecule has 16 heavy (non-hydrogen) atoms. The number of aromatic amines is 1. The quantitative estimate of drug-likeness (QED) is 0.767. The Bertz CT molecular complexity index is 325. The van der Waals surface area contributed by atoms with E-state index in [1.807, 2.05) is 39.2 Å². The lowest BCUT2D eigenvalue weighted by atomic mass is 10.2. The van der Waals surface area contributed by atoms with Crippen LogP contribution in [0.5, 0.6) is 0 Å². The lowest BCUT2D eigenvalue weighted by Gasteiger charge is -2.22. The van der Waals surface area contributed by atoms with Crippen LogP contribution >= 0.6 is 0 Å². The summed E-state index contributed by atoms with van der Waals surface area (Å²) in [6, 6.07) is 1.67. The molecule has 0 unspecified atom stereocenters. The first-order valence-corrected chi connectivity index (χ1v) is 5.46. The number of H-pyrrole nitrogens is 1. The number of carbonyl (C=O) groups excluding carboxylic acids is 1. The molecule has 1 rings (SSSR count). The van der Waals surface area contributed by atoms with Gasteiger partial charge in [-0.05, 0) is 39.3 Å². The largest absolute Gasteiger partial charge is 0.459 e. The van der Waals surface area contributed by atoms with E-state index >= 15 is 0 Å². The molecule has 0 spiro atoms. The molecular weight excluding hydrogens is 204 g/mol. The summed E-state index contributed by atoms with van der Waals surface area (Å²) in [5.74, 6) is -0.219. The van der Waals surface area contributed by atoms with E-state index in [-0.39, 0.29) is 12.0 Å². The molecule has 0 bridgehead atoms. The normalized spacial score (nSPS) is 13.5. The summed E-state index contributed by atoms with van der Waals surface area (Å²) in [6.07, 6.45) is 3.75. The van der Waals surface area contributed by atoms with Crippen LogP contribution in [0.2, 0.25) is 0 Å². The van der Waals surface area contributed by atoms with Gasteiger partial charge in [0.15, 0.2) is 0 Å². The molecule has 0 aliphatic rings. The van der Waals surface area contributed by atoms with Gasteiger partial charge in [0.1, 0.15) is 11.6 Å². The monoisotopic (exact) mass is 224 g/mol. The third kappa shape index (κ3) is 4.49. The average Bonchev–Trinajstić information content (AvgIpc) is 2.63. The Morgan fingerprint density at radius 2 is 2.25 bits per heavy atom. The molecule has 2 N–H and O–H groups in total. The maximum Gasteiger partial charge on any atom is 0.323 e. The average molecular weight is 224 g/mol. The van der Waals surface area contributed by atoms with E-state index in [1.54, 1.807) is 6.92 Å². The van der Waals surface area contributed by atoms with E-state index in [1.165, 1.54) is 0 Å². The summed E-state index contributed by atoms with van der Waals surface area (Å²) >= 11 is 0. The van der Waals surface area contributed by atoms with Gasteiger partial charge < -0.3 is 15.0 Å². The highest BCUT2D eigenvalue weighted by atomic mass is 16.6. The van der Waals surface area contributed by atoms with Crippen LogP contribution in [0.1, 0.15) is 33.3 Å². The maximum absolute atomic E-state index is 11.6. The summed E-state index contributed by atoms with van der Waals surface area (Å²) in [5.41, 5.74) is 0.691. The van der Waals surface area contributed by atoms with Crippen molar-refractivity contribution in [1.82, 2.24) is 10.3 Å². The van der Waals surface area contributed by atoms with E-state index in [0.29, 0.717) is 6.54 Å². The van der Waals surface area contributed by atoms with E-state index in [9.17, 15) is 4.79 Å². The first-order valence-electron chi connectivity index (χ1n) is 5.46. The molecule has 4 nitrogen and oxygen atoms in total. The van der Waals surface area contributed by atoms with Crippen LogP contribution in [0.15, 0.2) is 18.5 Å². The van der Waals surface area contributed by atoms with Gasteiger partial charge in [-0.2, -0.15) is 0 Å². The van der Waals surface area contributed by atoms with Crippen molar-refractivity contribution < 1.29 is 9.53 Å². The Morgan fingerprint density at radius 1 is 1.56 bits per heavy atom. The standard InChI is InChI=1S/C12H20N2O2/c1-9(11(15)16-12(2,3)4)14-8-10-5-6-13-7-10/h5-7,9,13-14H,8H2,1-4H3/t9-/m1/s1. The van der Waals surface area contributed by atoms with Crippen molar-refractivity contribution in [3.63, 3.8) is 0 Å². The van der Waals surface area contributed by atoms with E-state index in [4.69, 9.17) is 4.74 Å². The van der Waals surface area contributed by atoms with Crippen molar-refractivity contribution in [2.24, 2.45) is 0 Å². The molecule has 0 radical (unpaired) electrons. The molecule has 0 fully saturated rings. The minimum Gasteiger partial charge on any atom is -0.459 e. The number of aromatic nitrogens is 1. The van der Waals surface area contributed by atoms with Crippen molar-refractivity contribution in [3.8, 4) is 0 Å². The van der Waals surface area contributed by atoms with E-state index in [0.717, 1.165) is 5.56 Å². The second kappa shape index (κ2) is 5.16. The Morgan fingerprint density at radius 3 is 2.75 bits per heavy atom. The minimum absolute atomic E-state index is 0.219. The number of carbonyl (C=O) groups is 1. The molecule has 0 aromatic carbocycles. The fourth-order valence-electron chi connectivity index (χ4n) is 1.21. The molecule has 0 aliphatic carbocycles. The van der Waals surface area contributed by atoms with Crippen LogP contribution < -0.4 is 5.32 Å². The van der Waals surface area contributed by atoms with Crippen LogP contribution in [0.25, 0.3) is 0 Å². The van der Waals surface area contributed by atoms with E-state index < -0.39 is 5.60 Å². The van der Waals surface area contributed by atoms with Crippen molar-refractivity contribution in [2.45, 2.75) is 45.9 Å². The topological polar surface area (TPSA) is 54.1 Å².